The molecule has 0 aliphatic carbocycles. The molecule has 1 heterocycles. The van der Waals surface area contributed by atoms with E-state index in [-0.39, 0.29) is 0 Å². The zero-order valence-corrected chi connectivity index (χ0v) is 14.9. The highest BCUT2D eigenvalue weighted by molar-refractivity contribution is 7.91. The van der Waals surface area contributed by atoms with E-state index in [2.05, 4.69) is 30.8 Å². The quantitative estimate of drug-likeness (QED) is 0.611. The summed E-state index contributed by atoms with van der Waals surface area (Å²) < 4.78 is 27.4. The highest BCUT2D eigenvalue weighted by Gasteiger charge is 2.15. The molecule has 122 valence electrons. The Bertz CT molecular complexity index is 496. The van der Waals surface area contributed by atoms with Crippen LogP contribution in [0, 0.1) is 5.92 Å². The Labute approximate surface area is 133 Å². The summed E-state index contributed by atoms with van der Waals surface area (Å²) in [6, 6.07) is 3.59. The third-order valence-electron chi connectivity index (χ3n) is 3.13. The molecule has 0 saturated heterocycles. The lowest BCUT2D eigenvalue weighted by atomic mass is 10.1. The Morgan fingerprint density at radius 3 is 2.62 bits per heavy atom. The molecular weight excluding hydrogens is 304 g/mol. The Hall–Kier alpha value is -0.430. The van der Waals surface area contributed by atoms with Crippen molar-refractivity contribution in [1.29, 1.82) is 0 Å². The summed E-state index contributed by atoms with van der Waals surface area (Å²) in [6.45, 7) is 8.70. The smallest absolute Gasteiger partial charge is 0.250 e. The maximum Gasteiger partial charge on any atom is 0.250 e. The van der Waals surface area contributed by atoms with Gasteiger partial charge in [0.1, 0.15) is 4.21 Å². The first-order valence-electron chi connectivity index (χ1n) is 7.74. The first kappa shape index (κ1) is 18.6. The zero-order valence-electron chi connectivity index (χ0n) is 13.3. The minimum atomic E-state index is -3.33. The normalized spacial score (nSPS) is 12.2. The SMILES string of the molecule is CCCNCc1ccc(S(=O)(=O)NCCCCC(C)C)s1. The summed E-state index contributed by atoms with van der Waals surface area (Å²) in [5.74, 6) is 0.678. The average molecular weight is 333 g/mol. The van der Waals surface area contributed by atoms with Gasteiger partial charge in [-0.3, -0.25) is 0 Å². The third kappa shape index (κ3) is 7.40. The molecule has 0 bridgehead atoms. The van der Waals surface area contributed by atoms with Crippen LogP contribution >= 0.6 is 11.3 Å². The standard InChI is InChI=1S/C15H28N2O2S2/c1-4-10-16-12-14-8-9-15(20-14)21(18,19)17-11-6-5-7-13(2)3/h8-9,13,16-17H,4-7,10-12H2,1-3H3. The summed E-state index contributed by atoms with van der Waals surface area (Å²) in [4.78, 5) is 1.06. The van der Waals surface area contributed by atoms with Crippen molar-refractivity contribution >= 4 is 21.4 Å². The van der Waals surface area contributed by atoms with E-state index in [9.17, 15) is 8.42 Å². The predicted molar refractivity (Wildman–Crippen MR) is 90.2 cm³/mol. The van der Waals surface area contributed by atoms with Crippen molar-refractivity contribution in [2.24, 2.45) is 5.92 Å². The second kappa shape index (κ2) is 9.56. The number of sulfonamides is 1. The average Bonchev–Trinajstić information content (AvgIpc) is 2.88. The van der Waals surface area contributed by atoms with Crippen molar-refractivity contribution in [3.05, 3.63) is 17.0 Å². The number of hydrogen-bond acceptors (Lipinski definition) is 4. The summed E-state index contributed by atoms with van der Waals surface area (Å²) >= 11 is 1.35. The van der Waals surface area contributed by atoms with Crippen LogP contribution in [0.15, 0.2) is 16.3 Å². The van der Waals surface area contributed by atoms with E-state index in [1.165, 1.54) is 11.3 Å². The van der Waals surface area contributed by atoms with E-state index in [1.54, 1.807) is 6.07 Å². The lowest BCUT2D eigenvalue weighted by molar-refractivity contribution is 0.531. The van der Waals surface area contributed by atoms with Crippen molar-refractivity contribution in [3.8, 4) is 0 Å². The first-order chi connectivity index (χ1) is 9.95. The monoisotopic (exact) mass is 332 g/mol. The Morgan fingerprint density at radius 1 is 1.19 bits per heavy atom. The summed E-state index contributed by atoms with van der Waals surface area (Å²) in [7, 11) is -3.33. The fourth-order valence-corrected chi connectivity index (χ4v) is 4.39. The van der Waals surface area contributed by atoms with Gasteiger partial charge >= 0.3 is 0 Å². The highest BCUT2D eigenvalue weighted by Crippen LogP contribution is 2.21. The molecule has 0 fully saturated rings. The second-order valence-corrected chi connectivity index (χ2v) is 8.85. The van der Waals surface area contributed by atoms with Crippen LogP contribution in [0.25, 0.3) is 0 Å². The molecule has 6 heteroatoms. The molecule has 0 spiro atoms. The Kier molecular flexibility index (Phi) is 8.48. The van der Waals surface area contributed by atoms with Crippen molar-refractivity contribution in [1.82, 2.24) is 10.0 Å². The van der Waals surface area contributed by atoms with Crippen LogP contribution in [-0.2, 0) is 16.6 Å². The minimum Gasteiger partial charge on any atom is -0.312 e. The fraction of sp³-hybridized carbons (Fsp3) is 0.733. The lowest BCUT2D eigenvalue weighted by Gasteiger charge is -2.06. The van der Waals surface area contributed by atoms with Gasteiger partial charge in [0.05, 0.1) is 0 Å². The van der Waals surface area contributed by atoms with Gasteiger partial charge in [-0.1, -0.05) is 33.6 Å². The zero-order chi connectivity index (χ0) is 15.7. The van der Waals surface area contributed by atoms with Crippen LogP contribution < -0.4 is 10.0 Å². The van der Waals surface area contributed by atoms with E-state index < -0.39 is 10.0 Å². The van der Waals surface area contributed by atoms with Gasteiger partial charge in [0, 0.05) is 18.0 Å². The molecule has 0 radical (unpaired) electrons. The molecule has 1 aromatic rings. The predicted octanol–water partition coefficient (Wildman–Crippen LogP) is 3.35. The van der Waals surface area contributed by atoms with Gasteiger partial charge in [0.2, 0.25) is 10.0 Å². The molecule has 0 atom stereocenters. The molecule has 0 saturated carbocycles. The minimum absolute atomic E-state index is 0.416. The van der Waals surface area contributed by atoms with Crippen LogP contribution in [0.4, 0.5) is 0 Å². The fourth-order valence-electron chi connectivity index (χ4n) is 1.94. The van der Waals surface area contributed by atoms with Gasteiger partial charge in [0.15, 0.2) is 0 Å². The maximum atomic E-state index is 12.2. The lowest BCUT2D eigenvalue weighted by Crippen LogP contribution is -2.24. The van der Waals surface area contributed by atoms with Crippen LogP contribution in [-0.4, -0.2) is 21.5 Å². The first-order valence-corrected chi connectivity index (χ1v) is 10.0. The second-order valence-electron chi connectivity index (χ2n) is 5.68. The van der Waals surface area contributed by atoms with Crippen LogP contribution in [0.2, 0.25) is 0 Å². The van der Waals surface area contributed by atoms with E-state index >= 15 is 0 Å². The van der Waals surface area contributed by atoms with Crippen molar-refractivity contribution in [2.45, 2.75) is 57.2 Å². The largest absolute Gasteiger partial charge is 0.312 e. The topological polar surface area (TPSA) is 58.2 Å². The van der Waals surface area contributed by atoms with Crippen LogP contribution in [0.5, 0.6) is 0 Å². The molecule has 4 nitrogen and oxygen atoms in total. The molecule has 0 unspecified atom stereocenters. The molecule has 0 amide bonds. The number of rotatable bonds is 11. The Morgan fingerprint density at radius 2 is 1.95 bits per heavy atom. The molecule has 0 aliphatic rings. The van der Waals surface area contributed by atoms with E-state index in [1.807, 2.05) is 6.07 Å². The van der Waals surface area contributed by atoms with E-state index in [0.717, 1.165) is 43.6 Å². The van der Waals surface area contributed by atoms with Crippen molar-refractivity contribution in [2.75, 3.05) is 13.1 Å². The van der Waals surface area contributed by atoms with Crippen LogP contribution in [0.1, 0.15) is 51.3 Å². The maximum absolute atomic E-state index is 12.2. The molecule has 2 N–H and O–H groups in total. The number of unbranched alkanes of at least 4 members (excludes halogenated alkanes) is 1. The van der Waals surface area contributed by atoms with Gasteiger partial charge in [-0.15, -0.1) is 11.3 Å². The van der Waals surface area contributed by atoms with Gasteiger partial charge in [-0.2, -0.15) is 0 Å². The number of hydrogen-bond donors (Lipinski definition) is 2. The highest BCUT2D eigenvalue weighted by atomic mass is 32.2. The molecular formula is C15H28N2O2S2. The van der Waals surface area contributed by atoms with E-state index in [0.29, 0.717) is 16.7 Å². The summed E-state index contributed by atoms with van der Waals surface area (Å²) in [5, 5.41) is 3.28. The molecule has 1 aromatic heterocycles. The third-order valence-corrected chi connectivity index (χ3v) is 6.17. The number of thiophene rings is 1. The van der Waals surface area contributed by atoms with Crippen molar-refractivity contribution < 1.29 is 8.42 Å². The van der Waals surface area contributed by atoms with Gasteiger partial charge in [0.25, 0.3) is 0 Å². The summed E-state index contributed by atoms with van der Waals surface area (Å²) in [6.07, 6.45) is 4.19. The van der Waals surface area contributed by atoms with Crippen LogP contribution in [0.3, 0.4) is 0 Å². The van der Waals surface area contributed by atoms with Gasteiger partial charge in [-0.05, 0) is 37.4 Å². The van der Waals surface area contributed by atoms with Gasteiger partial charge in [-0.25, -0.2) is 13.1 Å². The molecule has 1 rings (SSSR count). The molecule has 0 aromatic carbocycles. The van der Waals surface area contributed by atoms with E-state index in [4.69, 9.17) is 0 Å². The molecule has 21 heavy (non-hydrogen) atoms. The molecule has 0 aliphatic heterocycles. The Balaban J connectivity index is 2.39. The summed E-state index contributed by atoms with van der Waals surface area (Å²) in [5.41, 5.74) is 0. The van der Waals surface area contributed by atoms with Gasteiger partial charge < -0.3 is 5.32 Å². The van der Waals surface area contributed by atoms with Crippen molar-refractivity contribution in [3.63, 3.8) is 0 Å². The number of nitrogens with one attached hydrogen (secondary N) is 2.